The van der Waals surface area contributed by atoms with Crippen LogP contribution in [0.4, 0.5) is 0 Å². The highest BCUT2D eigenvalue weighted by molar-refractivity contribution is 5.95. The van der Waals surface area contributed by atoms with E-state index in [0.717, 1.165) is 0 Å². The molecule has 0 rings (SSSR count). The van der Waals surface area contributed by atoms with E-state index in [1.807, 2.05) is 0 Å². The maximum atomic E-state index is 12.9. The van der Waals surface area contributed by atoms with E-state index in [0.29, 0.717) is 25.8 Å². The van der Waals surface area contributed by atoms with Crippen LogP contribution in [0.3, 0.4) is 0 Å². The van der Waals surface area contributed by atoms with Gasteiger partial charge in [0, 0.05) is 0 Å². The first kappa shape index (κ1) is 30.2. The fourth-order valence-corrected chi connectivity index (χ4v) is 2.90. The number of rotatable bonds is 16. The number of carboxylic acids is 2. The zero-order valence-corrected chi connectivity index (χ0v) is 19.2. The predicted molar refractivity (Wildman–Crippen MR) is 118 cm³/mol. The zero-order valence-electron chi connectivity index (χ0n) is 19.2. The summed E-state index contributed by atoms with van der Waals surface area (Å²) in [4.78, 5) is 60.0. The van der Waals surface area contributed by atoms with Crippen LogP contribution in [0.15, 0.2) is 0 Å². The second kappa shape index (κ2) is 15.1. The van der Waals surface area contributed by atoms with Gasteiger partial charge in [-0.05, 0) is 38.6 Å². The molecule has 13 heteroatoms. The van der Waals surface area contributed by atoms with Crippen molar-refractivity contribution in [3.05, 3.63) is 0 Å². The molecule has 0 bridgehead atoms. The quantitative estimate of drug-likeness (QED) is 0.113. The number of hydrogen-bond donors (Lipinski definition) is 8. The molecule has 6 atom stereocenters. The van der Waals surface area contributed by atoms with Crippen molar-refractivity contribution in [1.82, 2.24) is 16.0 Å². The second-order valence-corrected chi connectivity index (χ2v) is 7.99. The Balaban J connectivity index is 5.42. The number of carbonyl (C=O) groups excluding carboxylic acids is 3. The number of nitrogens with two attached hydrogens (primary N) is 2. The zero-order chi connectivity index (χ0) is 25.7. The highest BCUT2D eigenvalue weighted by Gasteiger charge is 2.34. The Morgan fingerprint density at radius 3 is 1.88 bits per heavy atom. The molecule has 190 valence electrons. The van der Waals surface area contributed by atoms with Crippen molar-refractivity contribution in [3.8, 4) is 0 Å². The molecule has 0 aromatic rings. The minimum Gasteiger partial charge on any atom is -0.481 e. The number of amides is 3. The van der Waals surface area contributed by atoms with E-state index in [1.54, 1.807) is 13.8 Å². The molecule has 0 aliphatic carbocycles. The van der Waals surface area contributed by atoms with Gasteiger partial charge < -0.3 is 42.7 Å². The first-order chi connectivity index (χ1) is 15.3. The summed E-state index contributed by atoms with van der Waals surface area (Å²) >= 11 is 0. The highest BCUT2D eigenvalue weighted by Crippen LogP contribution is 2.10. The normalized spacial score (nSPS) is 16.4. The number of aliphatic hydroxyl groups is 1. The van der Waals surface area contributed by atoms with Crippen molar-refractivity contribution >= 4 is 29.7 Å². The van der Waals surface area contributed by atoms with Gasteiger partial charge in [-0.1, -0.05) is 20.3 Å². The van der Waals surface area contributed by atoms with Crippen LogP contribution >= 0.6 is 0 Å². The van der Waals surface area contributed by atoms with Gasteiger partial charge in [-0.25, -0.2) is 4.79 Å². The lowest BCUT2D eigenvalue weighted by atomic mass is 9.97. The molecule has 0 aromatic heterocycles. The summed E-state index contributed by atoms with van der Waals surface area (Å²) < 4.78 is 0. The van der Waals surface area contributed by atoms with Crippen molar-refractivity contribution in [1.29, 1.82) is 0 Å². The molecule has 0 heterocycles. The third-order valence-electron chi connectivity index (χ3n) is 5.15. The first-order valence-electron chi connectivity index (χ1n) is 10.8. The Bertz CT molecular complexity index is 687. The van der Waals surface area contributed by atoms with Gasteiger partial charge in [0.15, 0.2) is 0 Å². The Labute approximate surface area is 192 Å². The SMILES string of the molecule is CCC(C)C(NC(=O)C(N)CC(=O)O)C(=O)NC(C(=O)NC(CCCCN)C(=O)O)C(C)O. The Hall–Kier alpha value is -2.77. The van der Waals surface area contributed by atoms with Crippen LogP contribution in [0.2, 0.25) is 0 Å². The third kappa shape index (κ3) is 11.1. The monoisotopic (exact) mass is 475 g/mol. The fourth-order valence-electron chi connectivity index (χ4n) is 2.90. The van der Waals surface area contributed by atoms with E-state index in [9.17, 15) is 34.2 Å². The molecule has 6 unspecified atom stereocenters. The van der Waals surface area contributed by atoms with Crippen molar-refractivity contribution in [2.75, 3.05) is 6.54 Å². The predicted octanol–water partition coefficient (Wildman–Crippen LogP) is -2.12. The van der Waals surface area contributed by atoms with E-state index in [-0.39, 0.29) is 6.42 Å². The molecule has 0 saturated heterocycles. The highest BCUT2D eigenvalue weighted by atomic mass is 16.4. The summed E-state index contributed by atoms with van der Waals surface area (Å²) in [7, 11) is 0. The molecule has 0 spiro atoms. The maximum Gasteiger partial charge on any atom is 0.326 e. The summed E-state index contributed by atoms with van der Waals surface area (Å²) in [6, 6.07) is -5.29. The van der Waals surface area contributed by atoms with Crippen molar-refractivity contribution in [2.45, 2.75) is 83.1 Å². The van der Waals surface area contributed by atoms with Crippen LogP contribution < -0.4 is 27.4 Å². The number of carbonyl (C=O) groups is 5. The molecule has 33 heavy (non-hydrogen) atoms. The van der Waals surface area contributed by atoms with E-state index < -0.39 is 72.3 Å². The number of aliphatic hydroxyl groups excluding tert-OH is 1. The maximum absolute atomic E-state index is 12.9. The molecular formula is C20H37N5O8. The molecule has 0 saturated carbocycles. The lowest BCUT2D eigenvalue weighted by Crippen LogP contribution is -2.61. The van der Waals surface area contributed by atoms with Crippen LogP contribution in [0.1, 0.15) is 52.9 Å². The summed E-state index contributed by atoms with van der Waals surface area (Å²) in [6.45, 7) is 5.02. The molecule has 10 N–H and O–H groups in total. The van der Waals surface area contributed by atoms with Crippen molar-refractivity contribution in [3.63, 3.8) is 0 Å². The molecule has 0 aromatic carbocycles. The average Bonchev–Trinajstić information content (AvgIpc) is 2.73. The topological polar surface area (TPSA) is 234 Å². The molecule has 13 nitrogen and oxygen atoms in total. The third-order valence-corrected chi connectivity index (χ3v) is 5.15. The number of unbranched alkanes of at least 4 members (excludes halogenated alkanes) is 1. The van der Waals surface area contributed by atoms with Gasteiger partial charge >= 0.3 is 11.9 Å². The number of hydrogen-bond acceptors (Lipinski definition) is 8. The van der Waals surface area contributed by atoms with E-state index in [1.165, 1.54) is 6.92 Å². The van der Waals surface area contributed by atoms with Gasteiger partial charge in [0.1, 0.15) is 18.1 Å². The molecule has 0 aliphatic rings. The summed E-state index contributed by atoms with van der Waals surface area (Å²) in [5.41, 5.74) is 10.9. The first-order valence-corrected chi connectivity index (χ1v) is 10.8. The summed E-state index contributed by atoms with van der Waals surface area (Å²) in [5, 5.41) is 35.2. The van der Waals surface area contributed by atoms with Crippen molar-refractivity contribution in [2.24, 2.45) is 17.4 Å². The second-order valence-electron chi connectivity index (χ2n) is 7.99. The largest absolute Gasteiger partial charge is 0.481 e. The lowest BCUT2D eigenvalue weighted by molar-refractivity contribution is -0.143. The van der Waals surface area contributed by atoms with E-state index in [2.05, 4.69) is 16.0 Å². The number of nitrogens with one attached hydrogen (secondary N) is 3. The molecule has 0 fully saturated rings. The standard InChI is InChI=1S/C20H37N5O8/c1-4-10(2)15(24-17(29)12(22)9-14(27)28)18(30)25-16(11(3)26)19(31)23-13(20(32)33)7-5-6-8-21/h10-13,15-16,26H,4-9,21-22H2,1-3H3,(H,23,31)(H,24,29)(H,25,30)(H,27,28)(H,32,33). The lowest BCUT2D eigenvalue weighted by Gasteiger charge is -2.28. The van der Waals surface area contributed by atoms with Crippen LogP contribution in [0.5, 0.6) is 0 Å². The van der Waals surface area contributed by atoms with Crippen LogP contribution in [0, 0.1) is 5.92 Å². The molecule has 0 radical (unpaired) electrons. The minimum absolute atomic E-state index is 0.117. The van der Waals surface area contributed by atoms with Crippen molar-refractivity contribution < 1.29 is 39.3 Å². The Morgan fingerprint density at radius 2 is 1.42 bits per heavy atom. The summed E-state index contributed by atoms with van der Waals surface area (Å²) in [6.07, 6.45) is -0.434. The van der Waals surface area contributed by atoms with Gasteiger partial charge in [-0.3, -0.25) is 19.2 Å². The van der Waals surface area contributed by atoms with Gasteiger partial charge in [0.2, 0.25) is 17.7 Å². The van der Waals surface area contributed by atoms with E-state index >= 15 is 0 Å². The number of aliphatic carboxylic acids is 2. The van der Waals surface area contributed by atoms with Crippen LogP contribution in [-0.2, 0) is 24.0 Å². The average molecular weight is 476 g/mol. The van der Waals surface area contributed by atoms with Gasteiger partial charge in [-0.2, -0.15) is 0 Å². The Morgan fingerprint density at radius 1 is 0.879 bits per heavy atom. The van der Waals surface area contributed by atoms with Gasteiger partial charge in [-0.15, -0.1) is 0 Å². The number of carboxylic acid groups (broad SMARTS) is 2. The van der Waals surface area contributed by atoms with E-state index in [4.69, 9.17) is 16.6 Å². The molecule has 0 aliphatic heterocycles. The minimum atomic E-state index is -1.50. The molecule has 3 amide bonds. The van der Waals surface area contributed by atoms with Crippen LogP contribution in [-0.4, -0.2) is 81.8 Å². The fraction of sp³-hybridized carbons (Fsp3) is 0.750. The molecular weight excluding hydrogens is 438 g/mol. The van der Waals surface area contributed by atoms with Crippen LogP contribution in [0.25, 0.3) is 0 Å². The van der Waals surface area contributed by atoms with Gasteiger partial charge in [0.05, 0.1) is 18.6 Å². The Kier molecular flexibility index (Phi) is 13.9. The van der Waals surface area contributed by atoms with Gasteiger partial charge in [0.25, 0.3) is 0 Å². The smallest absolute Gasteiger partial charge is 0.326 e. The summed E-state index contributed by atoms with van der Waals surface area (Å²) in [5.74, 6) is -5.55.